The van der Waals surface area contributed by atoms with Crippen LogP contribution in [0.25, 0.3) is 0 Å². The minimum Gasteiger partial charge on any atom is -0.349 e. The van der Waals surface area contributed by atoms with Gasteiger partial charge in [-0.25, -0.2) is 0 Å². The van der Waals surface area contributed by atoms with Crippen LogP contribution in [0.5, 0.6) is 0 Å². The van der Waals surface area contributed by atoms with E-state index >= 15 is 0 Å². The van der Waals surface area contributed by atoms with Crippen LogP contribution in [-0.4, -0.2) is 37.9 Å². The van der Waals surface area contributed by atoms with Crippen molar-refractivity contribution in [1.82, 2.24) is 19.8 Å². The topological polar surface area (TPSA) is 75.2 Å². The predicted molar refractivity (Wildman–Crippen MR) is 110 cm³/mol. The molecule has 6 nitrogen and oxygen atoms in total. The third kappa shape index (κ3) is 4.58. The number of hydrogen-bond acceptors (Lipinski definition) is 5. The first-order chi connectivity index (χ1) is 13.4. The lowest BCUT2D eigenvalue weighted by Crippen LogP contribution is -2.52. The van der Waals surface area contributed by atoms with Gasteiger partial charge in [0.25, 0.3) is 5.91 Å². The number of amides is 2. The van der Waals surface area contributed by atoms with Gasteiger partial charge in [-0.2, -0.15) is 0 Å². The minimum absolute atomic E-state index is 0.0231. The molecular formula is C21H28N4O2S. The first kappa shape index (κ1) is 20.5. The van der Waals surface area contributed by atoms with Gasteiger partial charge in [0.15, 0.2) is 5.69 Å². The Kier molecular flexibility index (Phi) is 6.44. The summed E-state index contributed by atoms with van der Waals surface area (Å²) < 4.78 is 3.85. The number of carbonyl (C=O) groups excluding carboxylic acids is 2. The van der Waals surface area contributed by atoms with E-state index in [0.29, 0.717) is 5.69 Å². The van der Waals surface area contributed by atoms with Gasteiger partial charge in [0, 0.05) is 17.0 Å². The molecule has 1 unspecified atom stereocenters. The Bertz CT molecular complexity index is 786. The van der Waals surface area contributed by atoms with Gasteiger partial charge in [-0.15, -0.1) is 5.10 Å². The lowest BCUT2D eigenvalue weighted by atomic mass is 9.97. The summed E-state index contributed by atoms with van der Waals surface area (Å²) in [4.78, 5) is 28.6. The molecule has 1 aromatic heterocycles. The SMILES string of the molecule is CCC(C)(C)NC(=O)C(c1ccccc1)N(C(=O)c1csnn1)C1CCCC1. The van der Waals surface area contributed by atoms with Gasteiger partial charge in [0.05, 0.1) is 0 Å². The fraction of sp³-hybridized carbons (Fsp3) is 0.524. The Morgan fingerprint density at radius 3 is 2.50 bits per heavy atom. The maximum atomic E-state index is 13.5. The summed E-state index contributed by atoms with van der Waals surface area (Å²) in [6.07, 6.45) is 4.72. The highest BCUT2D eigenvalue weighted by molar-refractivity contribution is 7.03. The van der Waals surface area contributed by atoms with Crippen LogP contribution in [0.1, 0.15) is 75.0 Å². The quantitative estimate of drug-likeness (QED) is 0.763. The fourth-order valence-corrected chi connectivity index (χ4v) is 4.06. The van der Waals surface area contributed by atoms with Gasteiger partial charge in [-0.3, -0.25) is 9.59 Å². The van der Waals surface area contributed by atoms with E-state index in [1.165, 1.54) is 0 Å². The second-order valence-corrected chi connectivity index (χ2v) is 8.59. The van der Waals surface area contributed by atoms with Crippen LogP contribution in [0, 0.1) is 0 Å². The van der Waals surface area contributed by atoms with Gasteiger partial charge < -0.3 is 10.2 Å². The molecule has 0 bridgehead atoms. The molecule has 0 aliphatic heterocycles. The fourth-order valence-electron chi connectivity index (χ4n) is 3.63. The highest BCUT2D eigenvalue weighted by Gasteiger charge is 2.39. The third-order valence-electron chi connectivity index (χ3n) is 5.52. The smallest absolute Gasteiger partial charge is 0.276 e. The van der Waals surface area contributed by atoms with Crippen LogP contribution in [0.15, 0.2) is 35.7 Å². The summed E-state index contributed by atoms with van der Waals surface area (Å²) in [5.41, 5.74) is 0.771. The molecule has 28 heavy (non-hydrogen) atoms. The zero-order valence-electron chi connectivity index (χ0n) is 16.7. The number of rotatable bonds is 7. The van der Waals surface area contributed by atoms with Crippen LogP contribution in [0.4, 0.5) is 0 Å². The highest BCUT2D eigenvalue weighted by atomic mass is 32.1. The van der Waals surface area contributed by atoms with E-state index in [9.17, 15) is 9.59 Å². The first-order valence-corrected chi connectivity index (χ1v) is 10.7. The highest BCUT2D eigenvalue weighted by Crippen LogP contribution is 2.33. The van der Waals surface area contributed by atoms with Crippen LogP contribution in [-0.2, 0) is 4.79 Å². The number of hydrogen-bond donors (Lipinski definition) is 1. The molecule has 1 saturated carbocycles. The maximum Gasteiger partial charge on any atom is 0.276 e. The van der Waals surface area contributed by atoms with E-state index in [0.717, 1.165) is 49.2 Å². The normalized spacial score (nSPS) is 16.0. The molecule has 2 aromatic rings. The van der Waals surface area contributed by atoms with Gasteiger partial charge in [-0.05, 0) is 50.2 Å². The molecule has 1 fully saturated rings. The zero-order valence-corrected chi connectivity index (χ0v) is 17.5. The summed E-state index contributed by atoms with van der Waals surface area (Å²) in [5.74, 6) is -0.375. The second-order valence-electron chi connectivity index (χ2n) is 7.98. The van der Waals surface area contributed by atoms with Crippen molar-refractivity contribution in [3.05, 3.63) is 47.0 Å². The molecule has 1 heterocycles. The molecule has 1 aliphatic rings. The maximum absolute atomic E-state index is 13.5. The Hall–Kier alpha value is -2.28. The van der Waals surface area contributed by atoms with Crippen molar-refractivity contribution in [2.24, 2.45) is 0 Å². The van der Waals surface area contributed by atoms with E-state index in [4.69, 9.17) is 0 Å². The van der Waals surface area contributed by atoms with Crippen molar-refractivity contribution in [2.45, 2.75) is 70.5 Å². The Morgan fingerprint density at radius 1 is 1.25 bits per heavy atom. The van der Waals surface area contributed by atoms with Gasteiger partial charge >= 0.3 is 0 Å². The summed E-state index contributed by atoms with van der Waals surface area (Å²) in [7, 11) is 0. The average Bonchev–Trinajstić information content (AvgIpc) is 3.39. The zero-order chi connectivity index (χ0) is 20.1. The molecule has 1 N–H and O–H groups in total. The molecule has 0 spiro atoms. The monoisotopic (exact) mass is 400 g/mol. The van der Waals surface area contributed by atoms with E-state index in [1.54, 1.807) is 10.3 Å². The third-order valence-corrected chi connectivity index (χ3v) is 6.02. The standard InChI is InChI=1S/C21H28N4O2S/c1-4-21(2,3)22-19(26)18(15-10-6-5-7-11-15)25(16-12-8-9-13-16)20(27)17-14-28-24-23-17/h5-7,10-11,14,16,18H,4,8-9,12-13H2,1-3H3,(H,22,26). The van der Waals surface area contributed by atoms with Gasteiger partial charge in [-0.1, -0.05) is 54.6 Å². The Labute approximate surface area is 170 Å². The van der Waals surface area contributed by atoms with Crippen LogP contribution in [0.3, 0.4) is 0 Å². The van der Waals surface area contributed by atoms with Crippen LogP contribution < -0.4 is 5.32 Å². The molecular weight excluding hydrogens is 372 g/mol. The molecule has 3 rings (SSSR count). The summed E-state index contributed by atoms with van der Waals surface area (Å²) in [5, 5.41) is 8.78. The second kappa shape index (κ2) is 8.82. The molecule has 7 heteroatoms. The van der Waals surface area contributed by atoms with Gasteiger partial charge in [0.1, 0.15) is 6.04 Å². The van der Waals surface area contributed by atoms with E-state index in [1.807, 2.05) is 51.1 Å². The lowest BCUT2D eigenvalue weighted by molar-refractivity contribution is -0.128. The number of aromatic nitrogens is 2. The number of nitrogens with one attached hydrogen (secondary N) is 1. The molecule has 0 saturated heterocycles. The molecule has 2 amide bonds. The summed E-state index contributed by atoms with van der Waals surface area (Å²) in [6, 6.07) is 8.89. The number of benzene rings is 1. The summed E-state index contributed by atoms with van der Waals surface area (Å²) in [6.45, 7) is 6.04. The Balaban J connectivity index is 2.03. The van der Waals surface area contributed by atoms with Crippen molar-refractivity contribution >= 4 is 23.3 Å². The predicted octanol–water partition coefficient (Wildman–Crippen LogP) is 3.97. The van der Waals surface area contributed by atoms with E-state index < -0.39 is 6.04 Å². The van der Waals surface area contributed by atoms with Crippen LogP contribution >= 0.6 is 11.5 Å². The van der Waals surface area contributed by atoms with Crippen LogP contribution in [0.2, 0.25) is 0 Å². The van der Waals surface area contributed by atoms with Crippen molar-refractivity contribution in [1.29, 1.82) is 0 Å². The van der Waals surface area contributed by atoms with Crippen molar-refractivity contribution in [3.63, 3.8) is 0 Å². The van der Waals surface area contributed by atoms with Crippen molar-refractivity contribution in [2.75, 3.05) is 0 Å². The van der Waals surface area contributed by atoms with Gasteiger partial charge in [0.2, 0.25) is 5.91 Å². The van der Waals surface area contributed by atoms with Crippen molar-refractivity contribution in [3.8, 4) is 0 Å². The minimum atomic E-state index is -0.690. The first-order valence-electron chi connectivity index (χ1n) is 9.89. The molecule has 0 radical (unpaired) electrons. The average molecular weight is 401 g/mol. The van der Waals surface area contributed by atoms with E-state index in [-0.39, 0.29) is 23.4 Å². The number of carbonyl (C=O) groups is 2. The van der Waals surface area contributed by atoms with E-state index in [2.05, 4.69) is 14.9 Å². The largest absolute Gasteiger partial charge is 0.349 e. The molecule has 1 aromatic carbocycles. The van der Waals surface area contributed by atoms with Crippen molar-refractivity contribution < 1.29 is 9.59 Å². The molecule has 150 valence electrons. The molecule has 1 aliphatic carbocycles. The lowest BCUT2D eigenvalue weighted by Gasteiger charge is -2.37. The number of nitrogens with zero attached hydrogens (tertiary/aromatic N) is 3. The summed E-state index contributed by atoms with van der Waals surface area (Å²) >= 11 is 1.15. The Morgan fingerprint density at radius 2 is 1.93 bits per heavy atom. The molecule has 1 atom stereocenters.